The van der Waals surface area contributed by atoms with Gasteiger partial charge in [0.2, 0.25) is 0 Å². The minimum Gasteiger partial charge on any atom is -0.385 e. The molecule has 0 spiro atoms. The lowest BCUT2D eigenvalue weighted by Gasteiger charge is -2.07. The molecule has 1 aromatic carbocycles. The number of alkyl halides is 1. The fourth-order valence-electron chi connectivity index (χ4n) is 1.86. The summed E-state index contributed by atoms with van der Waals surface area (Å²) in [5, 5.41) is 0. The van der Waals surface area contributed by atoms with Gasteiger partial charge in [-0.15, -0.1) is 11.6 Å². The first kappa shape index (κ1) is 12.9. The number of methoxy groups -OCH3 is 1. The highest BCUT2D eigenvalue weighted by atomic mass is 79.9. The summed E-state index contributed by atoms with van der Waals surface area (Å²) < 4.78 is 8.29. The van der Waals surface area contributed by atoms with Gasteiger partial charge in [0.1, 0.15) is 5.82 Å². The molecule has 0 saturated heterocycles. The summed E-state index contributed by atoms with van der Waals surface area (Å²) in [5.41, 5.74) is 2.10. The van der Waals surface area contributed by atoms with Gasteiger partial charge in [0.25, 0.3) is 0 Å². The van der Waals surface area contributed by atoms with E-state index in [0.29, 0.717) is 5.88 Å². The van der Waals surface area contributed by atoms with Crippen molar-refractivity contribution in [2.75, 3.05) is 13.7 Å². The van der Waals surface area contributed by atoms with Crippen LogP contribution in [0.15, 0.2) is 22.7 Å². The van der Waals surface area contributed by atoms with Gasteiger partial charge >= 0.3 is 0 Å². The molecule has 0 unspecified atom stereocenters. The first-order chi connectivity index (χ1) is 8.26. The van der Waals surface area contributed by atoms with Crippen LogP contribution in [0.2, 0.25) is 0 Å². The summed E-state index contributed by atoms with van der Waals surface area (Å²) in [7, 11) is 1.71. The molecule has 3 nitrogen and oxygen atoms in total. The van der Waals surface area contributed by atoms with Crippen LogP contribution in [0.3, 0.4) is 0 Å². The van der Waals surface area contributed by atoms with E-state index < -0.39 is 0 Å². The van der Waals surface area contributed by atoms with Gasteiger partial charge in [-0.2, -0.15) is 0 Å². The van der Waals surface area contributed by atoms with E-state index in [1.54, 1.807) is 7.11 Å². The molecular formula is C12H14BrClN2O. The van der Waals surface area contributed by atoms with E-state index in [0.717, 1.165) is 40.9 Å². The molecule has 0 bridgehead atoms. The molecule has 0 aliphatic heterocycles. The summed E-state index contributed by atoms with van der Waals surface area (Å²) >= 11 is 9.41. The van der Waals surface area contributed by atoms with Crippen LogP contribution in [0.25, 0.3) is 11.0 Å². The van der Waals surface area contributed by atoms with Gasteiger partial charge in [-0.1, -0.05) is 15.9 Å². The maximum atomic E-state index is 5.93. The summed E-state index contributed by atoms with van der Waals surface area (Å²) in [6.07, 6.45) is 0.957. The van der Waals surface area contributed by atoms with Crippen molar-refractivity contribution in [3.63, 3.8) is 0 Å². The Morgan fingerprint density at radius 1 is 1.47 bits per heavy atom. The number of aryl methyl sites for hydroxylation is 1. The van der Waals surface area contributed by atoms with E-state index in [1.165, 1.54) is 0 Å². The first-order valence-electron chi connectivity index (χ1n) is 5.46. The number of aromatic nitrogens is 2. The molecule has 1 aromatic heterocycles. The Kier molecular flexibility index (Phi) is 4.42. The van der Waals surface area contributed by atoms with Gasteiger partial charge in [-0.3, -0.25) is 0 Å². The Balaban J connectivity index is 2.38. The third-order valence-corrected chi connectivity index (χ3v) is 3.37. The van der Waals surface area contributed by atoms with Gasteiger partial charge in [0.05, 0.1) is 16.9 Å². The van der Waals surface area contributed by atoms with Crippen LogP contribution >= 0.6 is 27.5 Å². The highest BCUT2D eigenvalue weighted by molar-refractivity contribution is 9.10. The molecule has 0 aliphatic carbocycles. The zero-order valence-corrected chi connectivity index (χ0v) is 12.0. The zero-order valence-electron chi connectivity index (χ0n) is 9.62. The van der Waals surface area contributed by atoms with Crippen molar-refractivity contribution < 1.29 is 4.74 Å². The highest BCUT2D eigenvalue weighted by Crippen LogP contribution is 2.22. The summed E-state index contributed by atoms with van der Waals surface area (Å²) in [6.45, 7) is 1.62. The number of fused-ring (bicyclic) bond motifs is 1. The van der Waals surface area contributed by atoms with Gasteiger partial charge in [-0.25, -0.2) is 4.98 Å². The van der Waals surface area contributed by atoms with Crippen molar-refractivity contribution in [3.8, 4) is 0 Å². The van der Waals surface area contributed by atoms with Gasteiger partial charge in [0, 0.05) is 24.7 Å². The van der Waals surface area contributed by atoms with Crippen molar-refractivity contribution in [1.29, 1.82) is 0 Å². The highest BCUT2D eigenvalue weighted by Gasteiger charge is 2.09. The number of ether oxygens (including phenoxy) is 1. The molecule has 0 amide bonds. The third kappa shape index (κ3) is 2.81. The molecule has 2 rings (SSSR count). The van der Waals surface area contributed by atoms with E-state index in [4.69, 9.17) is 16.3 Å². The number of nitrogens with zero attached hydrogens (tertiary/aromatic N) is 2. The van der Waals surface area contributed by atoms with E-state index >= 15 is 0 Å². The van der Waals surface area contributed by atoms with Gasteiger partial charge in [0.15, 0.2) is 0 Å². The minimum atomic E-state index is 0.430. The molecule has 0 aliphatic rings. The summed E-state index contributed by atoms with van der Waals surface area (Å²) in [5.74, 6) is 1.34. The summed E-state index contributed by atoms with van der Waals surface area (Å²) in [6, 6.07) is 6.07. The minimum absolute atomic E-state index is 0.430. The second-order valence-corrected chi connectivity index (χ2v) is 4.98. The van der Waals surface area contributed by atoms with E-state index in [2.05, 4.69) is 31.5 Å². The number of rotatable bonds is 5. The number of imidazole rings is 1. The van der Waals surface area contributed by atoms with Crippen molar-refractivity contribution in [2.45, 2.75) is 18.8 Å². The first-order valence-corrected chi connectivity index (χ1v) is 6.78. The van der Waals surface area contributed by atoms with Crippen LogP contribution in [-0.2, 0) is 17.2 Å². The predicted molar refractivity (Wildman–Crippen MR) is 73.5 cm³/mol. The van der Waals surface area contributed by atoms with E-state index in [1.807, 2.05) is 12.1 Å². The Bertz CT molecular complexity index is 512. The molecule has 0 fully saturated rings. The third-order valence-electron chi connectivity index (χ3n) is 2.64. The van der Waals surface area contributed by atoms with Crippen molar-refractivity contribution in [3.05, 3.63) is 28.5 Å². The maximum absolute atomic E-state index is 5.93. The van der Waals surface area contributed by atoms with Crippen molar-refractivity contribution in [1.82, 2.24) is 9.55 Å². The fraction of sp³-hybridized carbons (Fsp3) is 0.417. The Hall–Kier alpha value is -0.580. The Morgan fingerprint density at radius 3 is 3.00 bits per heavy atom. The largest absolute Gasteiger partial charge is 0.385 e. The van der Waals surface area contributed by atoms with Crippen molar-refractivity contribution >= 4 is 38.6 Å². The van der Waals surface area contributed by atoms with Gasteiger partial charge in [-0.05, 0) is 24.6 Å². The predicted octanol–water partition coefficient (Wildman–Crippen LogP) is 3.57. The molecule has 0 saturated carbocycles. The van der Waals surface area contributed by atoms with Crippen LogP contribution in [-0.4, -0.2) is 23.3 Å². The molecule has 1 heterocycles. The normalized spacial score (nSPS) is 11.2. The molecule has 2 aromatic rings. The average molecular weight is 318 g/mol. The van der Waals surface area contributed by atoms with Crippen LogP contribution in [0.4, 0.5) is 0 Å². The fourth-order valence-corrected chi connectivity index (χ4v) is 2.42. The topological polar surface area (TPSA) is 27.1 Å². The van der Waals surface area contributed by atoms with Crippen LogP contribution in [0, 0.1) is 0 Å². The van der Waals surface area contributed by atoms with E-state index in [9.17, 15) is 0 Å². The molecule has 92 valence electrons. The molecule has 5 heteroatoms. The zero-order chi connectivity index (χ0) is 12.3. The second-order valence-electron chi connectivity index (χ2n) is 3.79. The standard InChI is InChI=1S/C12H14BrClN2O/c1-17-6-2-5-16-11-7-9(13)3-4-10(11)15-12(16)8-14/h3-4,7H,2,5-6,8H2,1H3. The second kappa shape index (κ2) is 5.85. The molecular weight excluding hydrogens is 304 g/mol. The smallest absolute Gasteiger partial charge is 0.124 e. The van der Waals surface area contributed by atoms with Crippen LogP contribution < -0.4 is 0 Å². The molecule has 0 radical (unpaired) electrons. The number of hydrogen-bond acceptors (Lipinski definition) is 2. The quantitative estimate of drug-likeness (QED) is 0.622. The Labute approximate surface area is 114 Å². The monoisotopic (exact) mass is 316 g/mol. The SMILES string of the molecule is COCCCn1c(CCl)nc2ccc(Br)cc21. The molecule has 0 atom stereocenters. The number of hydrogen-bond donors (Lipinski definition) is 0. The maximum Gasteiger partial charge on any atom is 0.124 e. The molecule has 17 heavy (non-hydrogen) atoms. The lowest BCUT2D eigenvalue weighted by molar-refractivity contribution is 0.190. The van der Waals surface area contributed by atoms with Crippen LogP contribution in [0.5, 0.6) is 0 Å². The van der Waals surface area contributed by atoms with E-state index in [-0.39, 0.29) is 0 Å². The summed E-state index contributed by atoms with van der Waals surface area (Å²) in [4.78, 5) is 4.52. The van der Waals surface area contributed by atoms with Gasteiger partial charge < -0.3 is 9.30 Å². The van der Waals surface area contributed by atoms with Crippen molar-refractivity contribution in [2.24, 2.45) is 0 Å². The lowest BCUT2D eigenvalue weighted by atomic mass is 10.3. The number of halogens is 2. The van der Waals surface area contributed by atoms with Crippen LogP contribution in [0.1, 0.15) is 12.2 Å². The lowest BCUT2D eigenvalue weighted by Crippen LogP contribution is -2.04. The average Bonchev–Trinajstić information content (AvgIpc) is 2.67. The Morgan fingerprint density at radius 2 is 2.29 bits per heavy atom. The number of benzene rings is 1. The molecule has 0 N–H and O–H groups in total.